The van der Waals surface area contributed by atoms with Crippen molar-refractivity contribution in [1.82, 2.24) is 10.6 Å². The molecule has 2 N–H and O–H groups in total. The summed E-state index contributed by atoms with van der Waals surface area (Å²) in [6.07, 6.45) is 8.30. The fraction of sp³-hybridized carbons (Fsp3) is 1.00. The van der Waals surface area contributed by atoms with Crippen LogP contribution in [0, 0.1) is 11.3 Å². The maximum atomic E-state index is 3.86. The van der Waals surface area contributed by atoms with Gasteiger partial charge in [-0.25, -0.2) is 0 Å². The van der Waals surface area contributed by atoms with Gasteiger partial charge in [-0.1, -0.05) is 27.2 Å². The van der Waals surface area contributed by atoms with Crippen molar-refractivity contribution in [3.63, 3.8) is 0 Å². The van der Waals surface area contributed by atoms with Crippen LogP contribution in [0.15, 0.2) is 0 Å². The van der Waals surface area contributed by atoms with Gasteiger partial charge in [-0.05, 0) is 50.0 Å². The van der Waals surface area contributed by atoms with Gasteiger partial charge in [0, 0.05) is 18.6 Å². The molecule has 3 atom stereocenters. The molecule has 2 rings (SSSR count). The molecule has 100 valence electrons. The van der Waals surface area contributed by atoms with Gasteiger partial charge in [-0.15, -0.1) is 0 Å². The van der Waals surface area contributed by atoms with Crippen molar-refractivity contribution >= 4 is 0 Å². The zero-order chi connectivity index (χ0) is 12.3. The third-order valence-corrected chi connectivity index (χ3v) is 4.98. The Morgan fingerprint density at radius 2 is 2.00 bits per heavy atom. The van der Waals surface area contributed by atoms with Gasteiger partial charge in [0.05, 0.1) is 0 Å². The van der Waals surface area contributed by atoms with E-state index in [0.717, 1.165) is 18.0 Å². The molecule has 0 aromatic rings. The van der Waals surface area contributed by atoms with Gasteiger partial charge in [0.25, 0.3) is 0 Å². The number of rotatable bonds is 5. The van der Waals surface area contributed by atoms with E-state index >= 15 is 0 Å². The lowest BCUT2D eigenvalue weighted by atomic mass is 9.88. The van der Waals surface area contributed by atoms with Crippen LogP contribution in [0.5, 0.6) is 0 Å². The van der Waals surface area contributed by atoms with Gasteiger partial charge in [0.15, 0.2) is 0 Å². The molecule has 2 aliphatic rings. The minimum absolute atomic E-state index is 0.455. The van der Waals surface area contributed by atoms with Crippen molar-refractivity contribution < 1.29 is 0 Å². The largest absolute Gasteiger partial charge is 0.314 e. The first-order chi connectivity index (χ1) is 8.12. The first-order valence-electron chi connectivity index (χ1n) is 7.59. The van der Waals surface area contributed by atoms with Crippen LogP contribution in [0.3, 0.4) is 0 Å². The van der Waals surface area contributed by atoms with Gasteiger partial charge >= 0.3 is 0 Å². The van der Waals surface area contributed by atoms with Crippen LogP contribution in [0.25, 0.3) is 0 Å². The standard InChI is InChI=1S/C15H30N2/c1-4-15(2,3)11-17-14-8-5-7-12(14)13-9-6-10-16-13/h12-14,16-17H,4-11H2,1-3H3. The quantitative estimate of drug-likeness (QED) is 0.769. The fourth-order valence-corrected chi connectivity index (χ4v) is 3.33. The van der Waals surface area contributed by atoms with Crippen molar-refractivity contribution in [2.45, 2.75) is 71.4 Å². The predicted octanol–water partition coefficient (Wildman–Crippen LogP) is 2.93. The maximum absolute atomic E-state index is 3.86. The molecule has 2 heteroatoms. The Morgan fingerprint density at radius 3 is 2.65 bits per heavy atom. The van der Waals surface area contributed by atoms with Crippen LogP contribution in [0.1, 0.15) is 59.3 Å². The lowest BCUT2D eigenvalue weighted by molar-refractivity contribution is 0.264. The van der Waals surface area contributed by atoms with Gasteiger partial charge in [-0.3, -0.25) is 0 Å². The molecule has 0 aromatic carbocycles. The van der Waals surface area contributed by atoms with Crippen LogP contribution in [-0.2, 0) is 0 Å². The Hall–Kier alpha value is -0.0800. The molecule has 0 bridgehead atoms. The SMILES string of the molecule is CCC(C)(C)CNC1CCCC1C1CCCN1. The van der Waals surface area contributed by atoms with E-state index in [2.05, 4.69) is 31.4 Å². The van der Waals surface area contributed by atoms with E-state index in [1.165, 1.54) is 51.6 Å². The third kappa shape index (κ3) is 3.45. The van der Waals surface area contributed by atoms with E-state index in [1.807, 2.05) is 0 Å². The van der Waals surface area contributed by atoms with Crippen LogP contribution in [-0.4, -0.2) is 25.2 Å². The summed E-state index contributed by atoms with van der Waals surface area (Å²) in [6, 6.07) is 1.58. The van der Waals surface area contributed by atoms with Crippen LogP contribution >= 0.6 is 0 Å². The van der Waals surface area contributed by atoms with E-state index in [1.54, 1.807) is 0 Å². The fourth-order valence-electron chi connectivity index (χ4n) is 3.33. The van der Waals surface area contributed by atoms with Crippen molar-refractivity contribution in [3.05, 3.63) is 0 Å². The van der Waals surface area contributed by atoms with Crippen LogP contribution < -0.4 is 10.6 Å². The van der Waals surface area contributed by atoms with Crippen molar-refractivity contribution in [1.29, 1.82) is 0 Å². The second-order valence-electron chi connectivity index (χ2n) is 6.80. The molecular weight excluding hydrogens is 208 g/mol. The Morgan fingerprint density at radius 1 is 1.18 bits per heavy atom. The number of hydrogen-bond donors (Lipinski definition) is 2. The molecule has 17 heavy (non-hydrogen) atoms. The highest BCUT2D eigenvalue weighted by Crippen LogP contribution is 2.32. The molecule has 0 amide bonds. The monoisotopic (exact) mass is 238 g/mol. The van der Waals surface area contributed by atoms with E-state index in [4.69, 9.17) is 0 Å². The minimum Gasteiger partial charge on any atom is -0.314 e. The average molecular weight is 238 g/mol. The summed E-state index contributed by atoms with van der Waals surface area (Å²) >= 11 is 0. The Labute approximate surface area is 107 Å². The van der Waals surface area contributed by atoms with E-state index in [0.29, 0.717) is 5.41 Å². The van der Waals surface area contributed by atoms with Crippen LogP contribution in [0.2, 0.25) is 0 Å². The second kappa shape index (κ2) is 5.71. The Balaban J connectivity index is 1.82. The average Bonchev–Trinajstić information content (AvgIpc) is 2.96. The molecule has 2 fully saturated rings. The molecule has 2 nitrogen and oxygen atoms in total. The minimum atomic E-state index is 0.455. The summed E-state index contributed by atoms with van der Waals surface area (Å²) in [6.45, 7) is 9.47. The molecule has 0 aromatic heterocycles. The Kier molecular flexibility index (Phi) is 4.48. The lowest BCUT2D eigenvalue weighted by Crippen LogP contribution is -2.44. The molecule has 0 spiro atoms. The smallest absolute Gasteiger partial charge is 0.0111 e. The first-order valence-corrected chi connectivity index (χ1v) is 7.59. The second-order valence-corrected chi connectivity index (χ2v) is 6.80. The zero-order valence-electron chi connectivity index (χ0n) is 11.9. The topological polar surface area (TPSA) is 24.1 Å². The van der Waals surface area contributed by atoms with Crippen LogP contribution in [0.4, 0.5) is 0 Å². The van der Waals surface area contributed by atoms with Gasteiger partial charge < -0.3 is 10.6 Å². The van der Waals surface area contributed by atoms with Gasteiger partial charge in [-0.2, -0.15) is 0 Å². The lowest BCUT2D eigenvalue weighted by Gasteiger charge is -2.31. The maximum Gasteiger partial charge on any atom is 0.0111 e. The molecule has 1 aliphatic carbocycles. The summed E-state index contributed by atoms with van der Waals surface area (Å²) < 4.78 is 0. The predicted molar refractivity (Wildman–Crippen MR) is 74.2 cm³/mol. The highest BCUT2D eigenvalue weighted by atomic mass is 15.0. The summed E-state index contributed by atoms with van der Waals surface area (Å²) in [5.74, 6) is 0.894. The highest BCUT2D eigenvalue weighted by Gasteiger charge is 2.35. The molecular formula is C15H30N2. The normalized spacial score (nSPS) is 34.4. The van der Waals surface area contributed by atoms with E-state index in [9.17, 15) is 0 Å². The van der Waals surface area contributed by atoms with Crippen molar-refractivity contribution in [2.24, 2.45) is 11.3 Å². The molecule has 1 heterocycles. The molecule has 1 saturated carbocycles. The van der Waals surface area contributed by atoms with Crippen molar-refractivity contribution in [3.8, 4) is 0 Å². The summed E-state index contributed by atoms with van der Waals surface area (Å²) in [5, 5.41) is 7.56. The van der Waals surface area contributed by atoms with Crippen molar-refractivity contribution in [2.75, 3.05) is 13.1 Å². The molecule has 3 unspecified atom stereocenters. The molecule has 1 aliphatic heterocycles. The van der Waals surface area contributed by atoms with E-state index in [-0.39, 0.29) is 0 Å². The first kappa shape index (κ1) is 13.4. The van der Waals surface area contributed by atoms with E-state index < -0.39 is 0 Å². The summed E-state index contributed by atoms with van der Waals surface area (Å²) in [4.78, 5) is 0. The highest BCUT2D eigenvalue weighted by molar-refractivity contribution is 4.93. The summed E-state index contributed by atoms with van der Waals surface area (Å²) in [5.41, 5.74) is 0.455. The molecule has 0 radical (unpaired) electrons. The Bertz CT molecular complexity index is 231. The van der Waals surface area contributed by atoms with Gasteiger partial charge in [0.1, 0.15) is 0 Å². The van der Waals surface area contributed by atoms with Gasteiger partial charge in [0.2, 0.25) is 0 Å². The third-order valence-electron chi connectivity index (χ3n) is 4.98. The number of nitrogens with one attached hydrogen (secondary N) is 2. The summed E-state index contributed by atoms with van der Waals surface area (Å²) in [7, 11) is 0. The molecule has 1 saturated heterocycles. The zero-order valence-corrected chi connectivity index (χ0v) is 11.9. The number of hydrogen-bond acceptors (Lipinski definition) is 2.